The van der Waals surface area contributed by atoms with Crippen LogP contribution in [-0.4, -0.2) is 37.9 Å². The minimum absolute atomic E-state index is 0.106. The Morgan fingerprint density at radius 1 is 0.870 bits per heavy atom. The van der Waals surface area contributed by atoms with Gasteiger partial charge in [0, 0.05) is 0 Å². The molecule has 0 aromatic heterocycles. The van der Waals surface area contributed by atoms with Crippen molar-refractivity contribution in [2.45, 2.75) is 78.7 Å². The number of unbranched alkanes of at least 4 members (excludes halogenated alkanes) is 3. The number of carbonyl (C=O) groups excluding carboxylic acids is 2. The molecule has 0 aromatic rings. The molecule has 23 heavy (non-hydrogen) atoms. The lowest BCUT2D eigenvalue weighted by Gasteiger charge is -2.13. The maximum absolute atomic E-state index is 11.6. The molecular formula is C18H34O5. The smallest absolute Gasteiger partial charge is 0.332 e. The van der Waals surface area contributed by atoms with E-state index in [9.17, 15) is 9.59 Å². The molecule has 0 aliphatic heterocycles. The number of ether oxygens (including phenoxy) is 3. The molecule has 0 saturated heterocycles. The van der Waals surface area contributed by atoms with Crippen LogP contribution in [0.2, 0.25) is 0 Å². The highest BCUT2D eigenvalue weighted by Crippen LogP contribution is 2.08. The van der Waals surface area contributed by atoms with Crippen LogP contribution >= 0.6 is 0 Å². The van der Waals surface area contributed by atoms with E-state index in [1.807, 2.05) is 6.92 Å². The van der Waals surface area contributed by atoms with Crippen LogP contribution in [-0.2, 0) is 23.8 Å². The summed E-state index contributed by atoms with van der Waals surface area (Å²) >= 11 is 0. The van der Waals surface area contributed by atoms with E-state index >= 15 is 0 Å². The van der Waals surface area contributed by atoms with Gasteiger partial charge in [0.1, 0.15) is 13.2 Å². The van der Waals surface area contributed by atoms with E-state index in [0.29, 0.717) is 12.5 Å². The van der Waals surface area contributed by atoms with Crippen LogP contribution in [0.25, 0.3) is 0 Å². The molecule has 0 aliphatic carbocycles. The summed E-state index contributed by atoms with van der Waals surface area (Å²) in [6, 6.07) is 0. The Morgan fingerprint density at radius 2 is 1.57 bits per heavy atom. The van der Waals surface area contributed by atoms with E-state index in [0.717, 1.165) is 32.1 Å². The van der Waals surface area contributed by atoms with E-state index in [2.05, 4.69) is 20.8 Å². The molecule has 0 aliphatic rings. The third-order valence-electron chi connectivity index (χ3n) is 3.43. The highest BCUT2D eigenvalue weighted by molar-refractivity contribution is 5.73. The maximum Gasteiger partial charge on any atom is 0.332 e. The molecule has 5 heteroatoms. The molecule has 0 saturated carbocycles. The van der Waals surface area contributed by atoms with Crippen molar-refractivity contribution in [1.82, 2.24) is 0 Å². The third kappa shape index (κ3) is 15.6. The van der Waals surface area contributed by atoms with E-state index in [4.69, 9.17) is 14.2 Å². The van der Waals surface area contributed by atoms with E-state index in [1.165, 1.54) is 12.8 Å². The molecule has 5 nitrogen and oxygen atoms in total. The monoisotopic (exact) mass is 330 g/mol. The Hall–Kier alpha value is -1.10. The molecular weight excluding hydrogens is 296 g/mol. The van der Waals surface area contributed by atoms with Gasteiger partial charge in [-0.1, -0.05) is 40.0 Å². The molecule has 0 aromatic carbocycles. The van der Waals surface area contributed by atoms with Gasteiger partial charge in [0.05, 0.1) is 12.7 Å². The summed E-state index contributed by atoms with van der Waals surface area (Å²) in [5, 5.41) is 0. The van der Waals surface area contributed by atoms with E-state index in [1.54, 1.807) is 0 Å². The normalized spacial score (nSPS) is 12.2. The van der Waals surface area contributed by atoms with Gasteiger partial charge >= 0.3 is 11.9 Å². The van der Waals surface area contributed by atoms with E-state index in [-0.39, 0.29) is 19.3 Å². The van der Waals surface area contributed by atoms with Crippen LogP contribution in [0.5, 0.6) is 0 Å². The van der Waals surface area contributed by atoms with Crippen LogP contribution in [0.1, 0.15) is 72.6 Å². The molecule has 0 rings (SSSR count). The van der Waals surface area contributed by atoms with Gasteiger partial charge in [0.2, 0.25) is 0 Å². The van der Waals surface area contributed by atoms with Crippen molar-refractivity contribution in [3.05, 3.63) is 0 Å². The summed E-state index contributed by atoms with van der Waals surface area (Å²) in [4.78, 5) is 23.0. The molecule has 1 atom stereocenters. The predicted molar refractivity (Wildman–Crippen MR) is 90.2 cm³/mol. The Bertz CT molecular complexity index is 315. The molecule has 0 heterocycles. The molecule has 0 spiro atoms. The summed E-state index contributed by atoms with van der Waals surface area (Å²) in [6.07, 6.45) is 7.26. The lowest BCUT2D eigenvalue weighted by molar-refractivity contribution is -0.158. The Balaban J connectivity index is 3.55. The highest BCUT2D eigenvalue weighted by Gasteiger charge is 2.11. The third-order valence-corrected chi connectivity index (χ3v) is 3.43. The first-order valence-corrected chi connectivity index (χ1v) is 8.88. The minimum Gasteiger partial charge on any atom is -0.464 e. The zero-order valence-corrected chi connectivity index (χ0v) is 15.3. The molecule has 0 amide bonds. The second kappa shape index (κ2) is 14.5. The first-order chi connectivity index (χ1) is 11.0. The second-order valence-corrected chi connectivity index (χ2v) is 6.40. The summed E-state index contributed by atoms with van der Waals surface area (Å²) in [5.74, 6) is -0.265. The Kier molecular flexibility index (Phi) is 13.8. The first kappa shape index (κ1) is 21.9. The highest BCUT2D eigenvalue weighted by atomic mass is 16.6. The minimum atomic E-state index is -0.436. The summed E-state index contributed by atoms with van der Waals surface area (Å²) in [6.45, 7) is 8.29. The molecule has 0 fully saturated rings. The van der Waals surface area contributed by atoms with Crippen LogP contribution < -0.4 is 0 Å². The number of hydrogen-bond donors (Lipinski definition) is 0. The SMILES string of the molecule is CCCCCCC(C)OC(=O)COCC(=O)OCCCC(C)C. The van der Waals surface area contributed by atoms with Crippen molar-refractivity contribution in [2.75, 3.05) is 19.8 Å². The Labute approximate surface area is 141 Å². The van der Waals surface area contributed by atoms with Gasteiger partial charge in [-0.25, -0.2) is 9.59 Å². The summed E-state index contributed by atoms with van der Waals surface area (Å²) in [7, 11) is 0. The lowest BCUT2D eigenvalue weighted by Crippen LogP contribution is -2.22. The molecule has 0 bridgehead atoms. The standard InChI is InChI=1S/C18H34O5/c1-5-6-7-8-11-16(4)23-18(20)14-21-13-17(19)22-12-9-10-15(2)3/h15-16H,5-14H2,1-4H3. The van der Waals surface area contributed by atoms with Gasteiger partial charge in [-0.05, 0) is 38.5 Å². The average Bonchev–Trinajstić information content (AvgIpc) is 2.48. The van der Waals surface area contributed by atoms with Gasteiger partial charge in [0.25, 0.3) is 0 Å². The van der Waals surface area contributed by atoms with Crippen LogP contribution in [0.4, 0.5) is 0 Å². The quantitative estimate of drug-likeness (QED) is 0.357. The van der Waals surface area contributed by atoms with Crippen LogP contribution in [0.3, 0.4) is 0 Å². The van der Waals surface area contributed by atoms with Crippen molar-refractivity contribution in [1.29, 1.82) is 0 Å². The van der Waals surface area contributed by atoms with Crippen LogP contribution in [0.15, 0.2) is 0 Å². The maximum atomic E-state index is 11.6. The summed E-state index contributed by atoms with van der Waals surface area (Å²) in [5.41, 5.74) is 0. The second-order valence-electron chi connectivity index (χ2n) is 6.40. The zero-order chi connectivity index (χ0) is 17.5. The fourth-order valence-electron chi connectivity index (χ4n) is 2.11. The predicted octanol–water partition coefficient (Wildman–Crippen LogP) is 3.88. The number of hydrogen-bond acceptors (Lipinski definition) is 5. The fourth-order valence-corrected chi connectivity index (χ4v) is 2.11. The topological polar surface area (TPSA) is 61.8 Å². The van der Waals surface area contributed by atoms with Gasteiger partial charge in [-0.2, -0.15) is 0 Å². The van der Waals surface area contributed by atoms with Crippen molar-refractivity contribution in [3.8, 4) is 0 Å². The number of rotatable bonds is 14. The van der Waals surface area contributed by atoms with E-state index < -0.39 is 11.9 Å². The molecule has 1 unspecified atom stereocenters. The Morgan fingerprint density at radius 3 is 2.22 bits per heavy atom. The first-order valence-electron chi connectivity index (χ1n) is 8.88. The molecule has 0 N–H and O–H groups in total. The van der Waals surface area contributed by atoms with Crippen molar-refractivity contribution in [2.24, 2.45) is 5.92 Å². The average molecular weight is 330 g/mol. The van der Waals surface area contributed by atoms with Gasteiger partial charge in [-0.15, -0.1) is 0 Å². The number of esters is 2. The van der Waals surface area contributed by atoms with Crippen molar-refractivity contribution < 1.29 is 23.8 Å². The molecule has 0 radical (unpaired) electrons. The van der Waals surface area contributed by atoms with Crippen LogP contribution in [0, 0.1) is 5.92 Å². The van der Waals surface area contributed by atoms with Crippen molar-refractivity contribution >= 4 is 11.9 Å². The van der Waals surface area contributed by atoms with Crippen molar-refractivity contribution in [3.63, 3.8) is 0 Å². The van der Waals surface area contributed by atoms with Gasteiger partial charge in [0.15, 0.2) is 0 Å². The fraction of sp³-hybridized carbons (Fsp3) is 0.889. The molecule has 136 valence electrons. The largest absolute Gasteiger partial charge is 0.464 e. The van der Waals surface area contributed by atoms with Gasteiger partial charge in [-0.3, -0.25) is 0 Å². The lowest BCUT2D eigenvalue weighted by atomic mass is 10.1. The zero-order valence-electron chi connectivity index (χ0n) is 15.3. The summed E-state index contributed by atoms with van der Waals surface area (Å²) < 4.78 is 15.3. The van der Waals surface area contributed by atoms with Gasteiger partial charge < -0.3 is 14.2 Å². The number of carbonyl (C=O) groups is 2.